The lowest BCUT2D eigenvalue weighted by Crippen LogP contribution is -2.21. The molecule has 1 fully saturated rings. The highest BCUT2D eigenvalue weighted by atomic mass is 16.5. The molecule has 2 unspecified atom stereocenters. The summed E-state index contributed by atoms with van der Waals surface area (Å²) in [5.41, 5.74) is 3.47. The van der Waals surface area contributed by atoms with Gasteiger partial charge in [0.05, 0.1) is 31.7 Å². The van der Waals surface area contributed by atoms with Gasteiger partial charge in [-0.05, 0) is 49.6 Å². The lowest BCUT2D eigenvalue weighted by molar-refractivity contribution is -0.122. The van der Waals surface area contributed by atoms with E-state index in [0.29, 0.717) is 23.6 Å². The fourth-order valence-electron chi connectivity index (χ4n) is 3.02. The molecule has 27 heavy (non-hydrogen) atoms. The molecule has 2 amide bonds. The van der Waals surface area contributed by atoms with E-state index in [1.54, 1.807) is 25.3 Å². The Hall–Kier alpha value is -3.02. The molecule has 0 aromatic heterocycles. The summed E-state index contributed by atoms with van der Waals surface area (Å²) >= 11 is 0. The van der Waals surface area contributed by atoms with Crippen LogP contribution in [0.5, 0.6) is 11.5 Å². The molecule has 1 saturated carbocycles. The summed E-state index contributed by atoms with van der Waals surface area (Å²) in [4.78, 5) is 25.0. The van der Waals surface area contributed by atoms with Gasteiger partial charge in [0.2, 0.25) is 11.8 Å². The maximum Gasteiger partial charge on any atom is 0.228 e. The highest BCUT2D eigenvalue weighted by Gasteiger charge is 2.48. The second-order valence-corrected chi connectivity index (χ2v) is 6.74. The molecule has 6 heteroatoms. The summed E-state index contributed by atoms with van der Waals surface area (Å²) in [6.07, 6.45) is 0.537. The Morgan fingerprint density at radius 1 is 0.926 bits per heavy atom. The van der Waals surface area contributed by atoms with Gasteiger partial charge in [-0.25, -0.2) is 0 Å². The molecule has 2 aromatic rings. The lowest BCUT2D eigenvalue weighted by Gasteiger charge is -2.12. The molecule has 2 atom stereocenters. The van der Waals surface area contributed by atoms with Crippen LogP contribution in [0.25, 0.3) is 0 Å². The molecule has 0 aliphatic heterocycles. The van der Waals surface area contributed by atoms with Gasteiger partial charge in [0.15, 0.2) is 0 Å². The number of benzene rings is 2. The van der Waals surface area contributed by atoms with Gasteiger partial charge in [-0.15, -0.1) is 0 Å². The Morgan fingerprint density at radius 3 is 2.22 bits per heavy atom. The molecule has 1 aliphatic carbocycles. The van der Waals surface area contributed by atoms with Crippen LogP contribution in [0.1, 0.15) is 17.5 Å². The Bertz CT molecular complexity index is 878. The average Bonchev–Trinajstić information content (AvgIpc) is 3.46. The number of methoxy groups -OCH3 is 2. The monoisotopic (exact) mass is 368 g/mol. The van der Waals surface area contributed by atoms with Gasteiger partial charge < -0.3 is 20.1 Å². The minimum absolute atomic E-state index is 0.124. The van der Waals surface area contributed by atoms with Gasteiger partial charge in [0.1, 0.15) is 11.5 Å². The normalized spacial score (nSPS) is 17.8. The van der Waals surface area contributed by atoms with Crippen LogP contribution in [0.15, 0.2) is 36.4 Å². The third-order valence-corrected chi connectivity index (χ3v) is 4.99. The highest BCUT2D eigenvalue weighted by Crippen LogP contribution is 2.41. The van der Waals surface area contributed by atoms with Crippen LogP contribution < -0.4 is 20.1 Å². The fourth-order valence-corrected chi connectivity index (χ4v) is 3.02. The van der Waals surface area contributed by atoms with E-state index < -0.39 is 0 Å². The zero-order chi connectivity index (χ0) is 19.6. The van der Waals surface area contributed by atoms with E-state index in [1.807, 2.05) is 32.0 Å². The minimum atomic E-state index is -0.342. The van der Waals surface area contributed by atoms with E-state index in [9.17, 15) is 9.59 Å². The second kappa shape index (κ2) is 7.70. The van der Waals surface area contributed by atoms with E-state index in [-0.39, 0.29) is 23.7 Å². The van der Waals surface area contributed by atoms with Crippen molar-refractivity contribution in [1.29, 1.82) is 0 Å². The van der Waals surface area contributed by atoms with E-state index >= 15 is 0 Å². The Morgan fingerprint density at radius 2 is 1.59 bits per heavy atom. The van der Waals surface area contributed by atoms with Gasteiger partial charge in [0.25, 0.3) is 0 Å². The van der Waals surface area contributed by atoms with Gasteiger partial charge in [-0.2, -0.15) is 0 Å². The number of anilines is 2. The number of amides is 2. The van der Waals surface area contributed by atoms with Crippen molar-refractivity contribution in [3.8, 4) is 11.5 Å². The van der Waals surface area contributed by atoms with E-state index in [4.69, 9.17) is 9.47 Å². The number of carbonyl (C=O) groups excluding carboxylic acids is 2. The molecule has 0 bridgehead atoms. The quantitative estimate of drug-likeness (QED) is 0.818. The Labute approximate surface area is 158 Å². The van der Waals surface area contributed by atoms with Crippen LogP contribution in [0.4, 0.5) is 11.4 Å². The number of ether oxygens (including phenoxy) is 2. The van der Waals surface area contributed by atoms with Crippen molar-refractivity contribution in [1.82, 2.24) is 0 Å². The Kier molecular flexibility index (Phi) is 5.35. The van der Waals surface area contributed by atoms with Gasteiger partial charge in [0, 0.05) is 11.8 Å². The first kappa shape index (κ1) is 18.8. The molecule has 2 aromatic carbocycles. The highest BCUT2D eigenvalue weighted by molar-refractivity contribution is 6.04. The molecule has 0 heterocycles. The molecule has 3 rings (SSSR count). The number of hydrogen-bond acceptors (Lipinski definition) is 4. The van der Waals surface area contributed by atoms with Gasteiger partial charge in [-0.3, -0.25) is 9.59 Å². The Balaban J connectivity index is 1.64. The maximum absolute atomic E-state index is 12.5. The van der Waals surface area contributed by atoms with Gasteiger partial charge in [-0.1, -0.05) is 12.1 Å². The summed E-state index contributed by atoms with van der Waals surface area (Å²) in [7, 11) is 3.09. The predicted octanol–water partition coefficient (Wildman–Crippen LogP) is 3.53. The van der Waals surface area contributed by atoms with Crippen molar-refractivity contribution in [3.05, 3.63) is 47.5 Å². The summed E-state index contributed by atoms with van der Waals surface area (Å²) in [5.74, 6) is 0.184. The van der Waals surface area contributed by atoms with Crippen LogP contribution in [-0.4, -0.2) is 26.0 Å². The van der Waals surface area contributed by atoms with Crippen LogP contribution in [0.3, 0.4) is 0 Å². The average molecular weight is 368 g/mol. The molecular weight excluding hydrogens is 344 g/mol. The van der Waals surface area contributed by atoms with Crippen molar-refractivity contribution < 1.29 is 19.1 Å². The molecule has 142 valence electrons. The van der Waals surface area contributed by atoms with Crippen molar-refractivity contribution in [2.24, 2.45) is 11.8 Å². The standard InChI is InChI=1S/C21H24N2O4/c1-12-6-5-7-17(13(12)2)22-20(24)15-11-16(15)21(25)23-18-10-14(26-3)8-9-19(18)27-4/h5-10,15-16H,11H2,1-4H3,(H,22,24)(H,23,25). The van der Waals surface area contributed by atoms with Crippen molar-refractivity contribution in [2.45, 2.75) is 20.3 Å². The SMILES string of the molecule is COc1ccc(OC)c(NC(=O)C2CC2C(=O)Nc2cccc(C)c2C)c1. The zero-order valence-corrected chi connectivity index (χ0v) is 16.0. The number of aryl methyl sites for hydroxylation is 1. The molecular formula is C21H24N2O4. The van der Waals surface area contributed by atoms with Crippen LogP contribution in [0.2, 0.25) is 0 Å². The smallest absolute Gasteiger partial charge is 0.228 e. The molecule has 6 nitrogen and oxygen atoms in total. The zero-order valence-electron chi connectivity index (χ0n) is 16.0. The maximum atomic E-state index is 12.5. The van der Waals surface area contributed by atoms with Crippen LogP contribution in [-0.2, 0) is 9.59 Å². The third kappa shape index (κ3) is 4.05. The first-order valence-corrected chi connectivity index (χ1v) is 8.84. The first-order chi connectivity index (χ1) is 12.9. The third-order valence-electron chi connectivity index (χ3n) is 4.99. The van der Waals surface area contributed by atoms with E-state index in [2.05, 4.69) is 10.6 Å². The van der Waals surface area contributed by atoms with Crippen molar-refractivity contribution >= 4 is 23.2 Å². The fraction of sp³-hybridized carbons (Fsp3) is 0.333. The van der Waals surface area contributed by atoms with E-state index in [1.165, 1.54) is 7.11 Å². The lowest BCUT2D eigenvalue weighted by atomic mass is 10.1. The van der Waals surface area contributed by atoms with E-state index in [0.717, 1.165) is 16.8 Å². The second-order valence-electron chi connectivity index (χ2n) is 6.74. The largest absolute Gasteiger partial charge is 0.497 e. The summed E-state index contributed by atoms with van der Waals surface area (Å²) < 4.78 is 10.5. The predicted molar refractivity (Wildman–Crippen MR) is 104 cm³/mol. The molecule has 0 spiro atoms. The molecule has 0 saturated heterocycles. The van der Waals surface area contributed by atoms with Crippen LogP contribution >= 0.6 is 0 Å². The number of carbonyl (C=O) groups is 2. The number of hydrogen-bond donors (Lipinski definition) is 2. The topological polar surface area (TPSA) is 76.7 Å². The molecule has 2 N–H and O–H groups in total. The first-order valence-electron chi connectivity index (χ1n) is 8.84. The van der Waals surface area contributed by atoms with Crippen molar-refractivity contribution in [2.75, 3.05) is 24.9 Å². The number of rotatable bonds is 6. The summed E-state index contributed by atoms with van der Waals surface area (Å²) in [5, 5.41) is 5.78. The van der Waals surface area contributed by atoms with Gasteiger partial charge >= 0.3 is 0 Å². The van der Waals surface area contributed by atoms with Crippen molar-refractivity contribution in [3.63, 3.8) is 0 Å². The molecule has 1 aliphatic rings. The summed E-state index contributed by atoms with van der Waals surface area (Å²) in [6.45, 7) is 3.97. The molecule has 0 radical (unpaired) electrons. The minimum Gasteiger partial charge on any atom is -0.497 e. The summed E-state index contributed by atoms with van der Waals surface area (Å²) in [6, 6.07) is 11.0. The number of nitrogens with one attached hydrogen (secondary N) is 2. The van der Waals surface area contributed by atoms with Crippen LogP contribution in [0, 0.1) is 25.7 Å².